The molecule has 6 heteroatoms. The smallest absolute Gasteiger partial charge is 0.312 e. The van der Waals surface area contributed by atoms with Gasteiger partial charge in [0.2, 0.25) is 0 Å². The largest absolute Gasteiger partial charge is 0.466 e. The Morgan fingerprint density at radius 1 is 1.00 bits per heavy atom. The second kappa shape index (κ2) is 11.0. The van der Waals surface area contributed by atoms with Crippen molar-refractivity contribution in [1.82, 2.24) is 9.80 Å². The van der Waals surface area contributed by atoms with Crippen molar-refractivity contribution in [3.8, 4) is 0 Å². The highest BCUT2D eigenvalue weighted by molar-refractivity contribution is 6.34. The molecule has 1 fully saturated rings. The maximum atomic E-state index is 12.5. The number of unbranched alkanes of at least 4 members (excludes halogenated alkanes) is 2. The summed E-state index contributed by atoms with van der Waals surface area (Å²) in [5.41, 5.74) is 0. The topological polar surface area (TPSA) is 66.9 Å². The average Bonchev–Trinajstić information content (AvgIpc) is 2.61. The van der Waals surface area contributed by atoms with Crippen LogP contribution in [0.3, 0.4) is 0 Å². The standard InChI is InChI=1S/C18H32N2O4/c1-4-7-11-19(12-8-5-2)16(21)17(22)20-13-9-15(10-14-20)18(23)24-6-3/h15H,4-14H2,1-3H3. The van der Waals surface area contributed by atoms with Gasteiger partial charge in [-0.1, -0.05) is 26.7 Å². The number of amides is 2. The molecule has 2 amide bonds. The second-order valence-corrected chi connectivity index (χ2v) is 6.32. The molecule has 0 aromatic rings. The number of ether oxygens (including phenoxy) is 1. The molecule has 0 bridgehead atoms. The van der Waals surface area contributed by atoms with Crippen LogP contribution in [-0.4, -0.2) is 60.4 Å². The normalized spacial score (nSPS) is 15.2. The zero-order chi connectivity index (χ0) is 17.9. The molecule has 1 aliphatic heterocycles. The van der Waals surface area contributed by atoms with Gasteiger partial charge in [0, 0.05) is 26.2 Å². The molecule has 1 rings (SSSR count). The summed E-state index contributed by atoms with van der Waals surface area (Å²) in [6.07, 6.45) is 4.95. The fourth-order valence-corrected chi connectivity index (χ4v) is 2.86. The van der Waals surface area contributed by atoms with Crippen molar-refractivity contribution >= 4 is 17.8 Å². The van der Waals surface area contributed by atoms with Crippen LogP contribution in [0.4, 0.5) is 0 Å². The van der Waals surface area contributed by atoms with Crippen molar-refractivity contribution in [3.05, 3.63) is 0 Å². The minimum atomic E-state index is -0.426. The third-order valence-electron chi connectivity index (χ3n) is 4.44. The molecule has 138 valence electrons. The van der Waals surface area contributed by atoms with Gasteiger partial charge in [0.05, 0.1) is 12.5 Å². The van der Waals surface area contributed by atoms with E-state index >= 15 is 0 Å². The number of rotatable bonds is 8. The predicted molar refractivity (Wildman–Crippen MR) is 92.3 cm³/mol. The Hall–Kier alpha value is -1.59. The van der Waals surface area contributed by atoms with Crippen LogP contribution in [0.2, 0.25) is 0 Å². The van der Waals surface area contributed by atoms with Gasteiger partial charge in [-0.05, 0) is 32.6 Å². The fraction of sp³-hybridized carbons (Fsp3) is 0.833. The summed E-state index contributed by atoms with van der Waals surface area (Å²) in [6.45, 7) is 8.49. The van der Waals surface area contributed by atoms with E-state index in [9.17, 15) is 14.4 Å². The van der Waals surface area contributed by atoms with E-state index in [1.54, 1.807) is 16.7 Å². The SMILES string of the molecule is CCCCN(CCCC)C(=O)C(=O)N1CCC(C(=O)OCC)CC1. The fourth-order valence-electron chi connectivity index (χ4n) is 2.86. The van der Waals surface area contributed by atoms with Crippen molar-refractivity contribution in [2.24, 2.45) is 5.92 Å². The van der Waals surface area contributed by atoms with Crippen LogP contribution < -0.4 is 0 Å². The van der Waals surface area contributed by atoms with Crippen LogP contribution >= 0.6 is 0 Å². The number of hydrogen-bond acceptors (Lipinski definition) is 4. The maximum absolute atomic E-state index is 12.5. The van der Waals surface area contributed by atoms with Gasteiger partial charge in [-0.2, -0.15) is 0 Å². The number of piperidine rings is 1. The third-order valence-corrected chi connectivity index (χ3v) is 4.44. The van der Waals surface area contributed by atoms with Crippen LogP contribution in [-0.2, 0) is 19.1 Å². The molecule has 0 radical (unpaired) electrons. The number of carbonyl (C=O) groups excluding carboxylic acids is 3. The van der Waals surface area contributed by atoms with E-state index in [0.29, 0.717) is 45.6 Å². The van der Waals surface area contributed by atoms with Gasteiger partial charge in [0.25, 0.3) is 0 Å². The van der Waals surface area contributed by atoms with Gasteiger partial charge in [0.15, 0.2) is 0 Å². The van der Waals surface area contributed by atoms with E-state index in [1.165, 1.54) is 0 Å². The molecule has 1 heterocycles. The van der Waals surface area contributed by atoms with Crippen LogP contribution in [0.5, 0.6) is 0 Å². The molecule has 0 atom stereocenters. The minimum absolute atomic E-state index is 0.152. The Morgan fingerprint density at radius 3 is 2.00 bits per heavy atom. The number of nitrogens with zero attached hydrogens (tertiary/aromatic N) is 2. The molecular weight excluding hydrogens is 308 g/mol. The lowest BCUT2D eigenvalue weighted by molar-refractivity contribution is -0.155. The number of esters is 1. The summed E-state index contributed by atoms with van der Waals surface area (Å²) in [5, 5.41) is 0. The molecule has 1 saturated heterocycles. The van der Waals surface area contributed by atoms with Crippen LogP contribution in [0, 0.1) is 5.92 Å². The van der Waals surface area contributed by atoms with Crippen molar-refractivity contribution in [2.75, 3.05) is 32.8 Å². The summed E-state index contributed by atoms with van der Waals surface area (Å²) >= 11 is 0. The van der Waals surface area contributed by atoms with E-state index < -0.39 is 11.8 Å². The summed E-state index contributed by atoms with van der Waals surface area (Å²) in [7, 11) is 0. The van der Waals surface area contributed by atoms with E-state index in [0.717, 1.165) is 25.7 Å². The van der Waals surface area contributed by atoms with Crippen LogP contribution in [0.15, 0.2) is 0 Å². The number of carbonyl (C=O) groups is 3. The highest BCUT2D eigenvalue weighted by atomic mass is 16.5. The summed E-state index contributed by atoms with van der Waals surface area (Å²) < 4.78 is 5.03. The molecule has 0 aromatic carbocycles. The summed E-state index contributed by atoms with van der Waals surface area (Å²) in [4.78, 5) is 40.0. The monoisotopic (exact) mass is 340 g/mol. The molecule has 0 saturated carbocycles. The lowest BCUT2D eigenvalue weighted by atomic mass is 9.97. The second-order valence-electron chi connectivity index (χ2n) is 6.32. The van der Waals surface area contributed by atoms with E-state index in [2.05, 4.69) is 13.8 Å². The Labute approximate surface area is 145 Å². The first-order chi connectivity index (χ1) is 11.5. The third kappa shape index (κ3) is 6.13. The number of likely N-dealkylation sites (tertiary alicyclic amines) is 1. The Morgan fingerprint density at radius 2 is 1.54 bits per heavy atom. The first kappa shape index (κ1) is 20.5. The molecule has 0 aromatic heterocycles. The molecule has 1 aliphatic rings. The molecule has 0 unspecified atom stereocenters. The summed E-state index contributed by atoms with van der Waals surface area (Å²) in [5.74, 6) is -1.17. The van der Waals surface area contributed by atoms with Gasteiger partial charge in [0.1, 0.15) is 0 Å². The highest BCUT2D eigenvalue weighted by Crippen LogP contribution is 2.19. The molecule has 0 N–H and O–H groups in total. The van der Waals surface area contributed by atoms with Gasteiger partial charge < -0.3 is 14.5 Å². The first-order valence-corrected chi connectivity index (χ1v) is 9.29. The molecule has 6 nitrogen and oxygen atoms in total. The van der Waals surface area contributed by atoms with Gasteiger partial charge in [-0.15, -0.1) is 0 Å². The van der Waals surface area contributed by atoms with E-state index in [4.69, 9.17) is 4.74 Å². The van der Waals surface area contributed by atoms with Crippen LogP contribution in [0.1, 0.15) is 59.3 Å². The van der Waals surface area contributed by atoms with Crippen molar-refractivity contribution in [3.63, 3.8) is 0 Å². The number of hydrogen-bond donors (Lipinski definition) is 0. The van der Waals surface area contributed by atoms with Crippen LogP contribution in [0.25, 0.3) is 0 Å². The van der Waals surface area contributed by atoms with Crippen molar-refractivity contribution in [1.29, 1.82) is 0 Å². The average molecular weight is 340 g/mol. The Balaban J connectivity index is 2.55. The first-order valence-electron chi connectivity index (χ1n) is 9.29. The van der Waals surface area contributed by atoms with Gasteiger partial charge in [-0.3, -0.25) is 14.4 Å². The zero-order valence-electron chi connectivity index (χ0n) is 15.4. The molecule has 24 heavy (non-hydrogen) atoms. The van der Waals surface area contributed by atoms with Gasteiger partial charge in [-0.25, -0.2) is 0 Å². The lowest BCUT2D eigenvalue weighted by Gasteiger charge is -2.32. The Kier molecular flexibility index (Phi) is 9.42. The lowest BCUT2D eigenvalue weighted by Crippen LogP contribution is -2.49. The molecule has 0 aliphatic carbocycles. The Bertz CT molecular complexity index is 409. The van der Waals surface area contributed by atoms with E-state index in [1.807, 2.05) is 0 Å². The van der Waals surface area contributed by atoms with Crippen molar-refractivity contribution in [2.45, 2.75) is 59.3 Å². The summed E-state index contributed by atoms with van der Waals surface area (Å²) in [6, 6.07) is 0. The van der Waals surface area contributed by atoms with Crippen molar-refractivity contribution < 1.29 is 19.1 Å². The quantitative estimate of drug-likeness (QED) is 0.502. The van der Waals surface area contributed by atoms with Gasteiger partial charge >= 0.3 is 17.8 Å². The molecular formula is C18H32N2O4. The van der Waals surface area contributed by atoms with E-state index in [-0.39, 0.29) is 11.9 Å². The minimum Gasteiger partial charge on any atom is -0.466 e. The predicted octanol–water partition coefficient (Wildman–Crippen LogP) is 2.22. The molecule has 0 spiro atoms. The maximum Gasteiger partial charge on any atom is 0.312 e. The highest BCUT2D eigenvalue weighted by Gasteiger charge is 2.32. The zero-order valence-corrected chi connectivity index (χ0v) is 15.4.